The van der Waals surface area contributed by atoms with Crippen LogP contribution in [0.3, 0.4) is 0 Å². The molecule has 0 aliphatic carbocycles. The monoisotopic (exact) mass is 359 g/mol. The number of amides is 2. The molecule has 0 atom stereocenters. The van der Waals surface area contributed by atoms with Crippen LogP contribution in [-0.2, 0) is 4.79 Å². The van der Waals surface area contributed by atoms with Crippen LogP contribution < -0.4 is 20.2 Å². The normalized spacial score (nSPS) is 10.4. The van der Waals surface area contributed by atoms with E-state index in [2.05, 4.69) is 15.8 Å². The first-order chi connectivity index (χ1) is 12.5. The maximum atomic E-state index is 13.1. The molecule has 0 aliphatic rings. The predicted molar refractivity (Wildman–Crippen MR) is 94.0 cm³/mol. The Labute approximate surface area is 149 Å². The van der Waals surface area contributed by atoms with E-state index in [1.54, 1.807) is 25.3 Å². The Hall–Kier alpha value is -3.42. The van der Waals surface area contributed by atoms with E-state index in [0.717, 1.165) is 6.07 Å². The standard InChI is InChI=1S/C18H18FN3O4/c1-25-15-7-6-13(16(9-15)26-2)10-21-22-17(23)11-20-18(24)12-4-3-5-14(19)8-12/h3-10H,11H2,1-2H3,(H,20,24)(H,22,23)/b21-10+. The Bertz CT molecular complexity index is 824. The molecule has 2 amide bonds. The molecule has 2 aromatic rings. The highest BCUT2D eigenvalue weighted by Gasteiger charge is 2.08. The molecule has 0 saturated heterocycles. The van der Waals surface area contributed by atoms with Crippen LogP contribution in [-0.4, -0.2) is 38.8 Å². The zero-order valence-corrected chi connectivity index (χ0v) is 14.3. The van der Waals surface area contributed by atoms with E-state index >= 15 is 0 Å². The number of halogens is 1. The van der Waals surface area contributed by atoms with Gasteiger partial charge in [0.15, 0.2) is 0 Å². The lowest BCUT2D eigenvalue weighted by Gasteiger charge is -2.07. The van der Waals surface area contributed by atoms with Crippen LogP contribution in [0.5, 0.6) is 11.5 Å². The molecular weight excluding hydrogens is 341 g/mol. The van der Waals surface area contributed by atoms with Crippen LogP contribution in [0, 0.1) is 5.82 Å². The molecule has 0 aromatic heterocycles. The molecule has 8 heteroatoms. The van der Waals surface area contributed by atoms with E-state index in [9.17, 15) is 14.0 Å². The van der Waals surface area contributed by atoms with Gasteiger partial charge in [-0.1, -0.05) is 6.07 Å². The zero-order chi connectivity index (χ0) is 18.9. The van der Waals surface area contributed by atoms with Crippen LogP contribution in [0.2, 0.25) is 0 Å². The number of carbonyl (C=O) groups excluding carboxylic acids is 2. The van der Waals surface area contributed by atoms with Gasteiger partial charge >= 0.3 is 0 Å². The highest BCUT2D eigenvalue weighted by atomic mass is 19.1. The molecule has 0 spiro atoms. The molecule has 136 valence electrons. The molecule has 7 nitrogen and oxygen atoms in total. The van der Waals surface area contributed by atoms with Crippen molar-refractivity contribution >= 4 is 18.0 Å². The highest BCUT2D eigenvalue weighted by Crippen LogP contribution is 2.22. The van der Waals surface area contributed by atoms with Crippen LogP contribution in [0.4, 0.5) is 4.39 Å². The summed E-state index contributed by atoms with van der Waals surface area (Å²) in [5.41, 5.74) is 3.05. The molecule has 2 aromatic carbocycles. The van der Waals surface area contributed by atoms with Crippen LogP contribution in [0.1, 0.15) is 15.9 Å². The minimum Gasteiger partial charge on any atom is -0.497 e. The summed E-state index contributed by atoms with van der Waals surface area (Å²) in [6.45, 7) is -0.299. The summed E-state index contributed by atoms with van der Waals surface area (Å²) >= 11 is 0. The Morgan fingerprint density at radius 1 is 1.15 bits per heavy atom. The number of rotatable bonds is 7. The average molecular weight is 359 g/mol. The Kier molecular flexibility index (Phi) is 6.67. The van der Waals surface area contributed by atoms with Gasteiger partial charge < -0.3 is 14.8 Å². The van der Waals surface area contributed by atoms with Crippen molar-refractivity contribution in [2.75, 3.05) is 20.8 Å². The Morgan fingerprint density at radius 3 is 2.65 bits per heavy atom. The summed E-state index contributed by atoms with van der Waals surface area (Å²) in [5, 5.41) is 6.19. The first kappa shape index (κ1) is 18.9. The molecule has 0 unspecified atom stereocenters. The van der Waals surface area contributed by atoms with Gasteiger partial charge in [-0.25, -0.2) is 9.82 Å². The van der Waals surface area contributed by atoms with Crippen molar-refractivity contribution in [3.8, 4) is 11.5 Å². The van der Waals surface area contributed by atoms with Crippen molar-refractivity contribution in [2.24, 2.45) is 5.10 Å². The summed E-state index contributed by atoms with van der Waals surface area (Å²) in [5.74, 6) is -0.455. The van der Waals surface area contributed by atoms with Crippen molar-refractivity contribution in [1.29, 1.82) is 0 Å². The van der Waals surface area contributed by atoms with Gasteiger partial charge in [-0.3, -0.25) is 9.59 Å². The third kappa shape index (κ3) is 5.30. The minimum absolute atomic E-state index is 0.129. The second-order valence-corrected chi connectivity index (χ2v) is 5.09. The third-order valence-electron chi connectivity index (χ3n) is 3.33. The van der Waals surface area contributed by atoms with E-state index in [-0.39, 0.29) is 12.1 Å². The predicted octanol–water partition coefficient (Wildman–Crippen LogP) is 1.72. The molecule has 0 saturated carbocycles. The summed E-state index contributed by atoms with van der Waals surface area (Å²) in [6.07, 6.45) is 1.41. The number of hydrazone groups is 1. The lowest BCUT2D eigenvalue weighted by Crippen LogP contribution is -2.34. The molecule has 2 rings (SSSR count). The summed E-state index contributed by atoms with van der Waals surface area (Å²) in [4.78, 5) is 23.5. The minimum atomic E-state index is -0.555. The van der Waals surface area contributed by atoms with E-state index in [4.69, 9.17) is 9.47 Å². The number of benzene rings is 2. The maximum Gasteiger partial charge on any atom is 0.259 e. The van der Waals surface area contributed by atoms with Gasteiger partial charge in [-0.15, -0.1) is 0 Å². The van der Waals surface area contributed by atoms with Crippen molar-refractivity contribution in [2.45, 2.75) is 0 Å². The van der Waals surface area contributed by atoms with Crippen LogP contribution in [0.25, 0.3) is 0 Å². The number of hydrogen-bond acceptors (Lipinski definition) is 5. The van der Waals surface area contributed by atoms with Crippen molar-refractivity contribution in [3.05, 3.63) is 59.4 Å². The number of nitrogens with one attached hydrogen (secondary N) is 2. The fourth-order valence-corrected chi connectivity index (χ4v) is 2.03. The summed E-state index contributed by atoms with van der Waals surface area (Å²) in [6, 6.07) is 10.3. The Balaban J connectivity index is 1.87. The molecule has 0 bridgehead atoms. The first-order valence-corrected chi connectivity index (χ1v) is 7.61. The molecule has 0 heterocycles. The fourth-order valence-electron chi connectivity index (χ4n) is 2.03. The van der Waals surface area contributed by atoms with E-state index < -0.39 is 17.6 Å². The number of carbonyl (C=O) groups is 2. The number of hydrogen-bond donors (Lipinski definition) is 2. The maximum absolute atomic E-state index is 13.1. The third-order valence-corrected chi connectivity index (χ3v) is 3.33. The second-order valence-electron chi connectivity index (χ2n) is 5.09. The lowest BCUT2D eigenvalue weighted by atomic mass is 10.2. The smallest absolute Gasteiger partial charge is 0.259 e. The van der Waals surface area contributed by atoms with E-state index in [1.807, 2.05) is 0 Å². The van der Waals surface area contributed by atoms with E-state index in [1.165, 1.54) is 31.5 Å². The van der Waals surface area contributed by atoms with Crippen molar-refractivity contribution in [1.82, 2.24) is 10.7 Å². The van der Waals surface area contributed by atoms with Gasteiger partial charge in [-0.05, 0) is 30.3 Å². The molecule has 0 aliphatic heterocycles. The van der Waals surface area contributed by atoms with Gasteiger partial charge in [0.2, 0.25) is 0 Å². The number of methoxy groups -OCH3 is 2. The van der Waals surface area contributed by atoms with Gasteiger partial charge in [0.25, 0.3) is 11.8 Å². The van der Waals surface area contributed by atoms with Crippen LogP contribution >= 0.6 is 0 Å². The van der Waals surface area contributed by atoms with Crippen molar-refractivity contribution in [3.63, 3.8) is 0 Å². The topological polar surface area (TPSA) is 89.0 Å². The molecule has 2 N–H and O–H groups in total. The zero-order valence-electron chi connectivity index (χ0n) is 14.3. The summed E-state index contributed by atoms with van der Waals surface area (Å²) in [7, 11) is 3.05. The fraction of sp³-hybridized carbons (Fsp3) is 0.167. The van der Waals surface area contributed by atoms with Gasteiger partial charge in [-0.2, -0.15) is 5.10 Å². The molecule has 0 radical (unpaired) electrons. The second kappa shape index (κ2) is 9.16. The average Bonchev–Trinajstić information content (AvgIpc) is 2.66. The largest absolute Gasteiger partial charge is 0.497 e. The van der Waals surface area contributed by atoms with Gasteiger partial charge in [0, 0.05) is 17.2 Å². The summed E-state index contributed by atoms with van der Waals surface area (Å²) < 4.78 is 23.4. The number of ether oxygens (including phenoxy) is 2. The molecule has 26 heavy (non-hydrogen) atoms. The quantitative estimate of drug-likeness (QED) is 0.582. The number of nitrogens with zero attached hydrogens (tertiary/aromatic N) is 1. The molecular formula is C18H18FN3O4. The van der Waals surface area contributed by atoms with Gasteiger partial charge in [0.1, 0.15) is 17.3 Å². The van der Waals surface area contributed by atoms with Crippen molar-refractivity contribution < 1.29 is 23.5 Å². The Morgan fingerprint density at radius 2 is 1.96 bits per heavy atom. The van der Waals surface area contributed by atoms with Crippen LogP contribution in [0.15, 0.2) is 47.6 Å². The highest BCUT2D eigenvalue weighted by molar-refractivity contribution is 5.96. The lowest BCUT2D eigenvalue weighted by molar-refractivity contribution is -0.120. The SMILES string of the molecule is COc1ccc(/C=N/NC(=O)CNC(=O)c2cccc(F)c2)c(OC)c1. The van der Waals surface area contributed by atoms with E-state index in [0.29, 0.717) is 17.1 Å². The van der Waals surface area contributed by atoms with Gasteiger partial charge in [0.05, 0.1) is 27.0 Å². The first-order valence-electron chi connectivity index (χ1n) is 7.61. The molecule has 0 fully saturated rings.